The molecule has 0 radical (unpaired) electrons. The summed E-state index contributed by atoms with van der Waals surface area (Å²) in [6, 6.07) is 13.8. The lowest BCUT2D eigenvalue weighted by molar-refractivity contribution is 0.145. The van der Waals surface area contributed by atoms with E-state index >= 15 is 0 Å². The molecule has 1 fully saturated rings. The van der Waals surface area contributed by atoms with Gasteiger partial charge >= 0.3 is 0 Å². The summed E-state index contributed by atoms with van der Waals surface area (Å²) >= 11 is 0. The predicted molar refractivity (Wildman–Crippen MR) is 98.1 cm³/mol. The molecule has 0 atom stereocenters. The maximum atomic E-state index is 13.3. The summed E-state index contributed by atoms with van der Waals surface area (Å²) in [5.41, 5.74) is 2.24. The van der Waals surface area contributed by atoms with Gasteiger partial charge < -0.3 is 10.0 Å². The van der Waals surface area contributed by atoms with Crippen LogP contribution in [0, 0.1) is 5.82 Å². The zero-order chi connectivity index (χ0) is 17.9. The summed E-state index contributed by atoms with van der Waals surface area (Å²) in [6.45, 7) is 1.48. The molecule has 2 aromatic heterocycles. The standard InChI is InChI=1S/C20H19FN4O/c21-15-6-4-14(5-7-15)18-13-19(25-11-8-16(26)9-12-25)24-20(23-18)17-3-1-2-10-22-17/h1-7,10,13,16,26H,8-9,11-12H2. The summed E-state index contributed by atoms with van der Waals surface area (Å²) in [4.78, 5) is 15.8. The van der Waals surface area contributed by atoms with Crippen LogP contribution in [0.5, 0.6) is 0 Å². The average molecular weight is 350 g/mol. The quantitative estimate of drug-likeness (QED) is 0.785. The first-order valence-electron chi connectivity index (χ1n) is 8.68. The van der Waals surface area contributed by atoms with Crippen molar-refractivity contribution in [3.63, 3.8) is 0 Å². The summed E-state index contributed by atoms with van der Waals surface area (Å²) in [5.74, 6) is 1.05. The minimum absolute atomic E-state index is 0.250. The van der Waals surface area contributed by atoms with Gasteiger partial charge in [-0.25, -0.2) is 14.4 Å². The largest absolute Gasteiger partial charge is 0.393 e. The second kappa shape index (κ2) is 7.17. The van der Waals surface area contributed by atoms with Gasteiger partial charge in [0.2, 0.25) is 0 Å². The lowest BCUT2D eigenvalue weighted by atomic mass is 10.1. The first-order valence-corrected chi connectivity index (χ1v) is 8.68. The molecule has 0 amide bonds. The van der Waals surface area contributed by atoms with Gasteiger partial charge in [0.05, 0.1) is 11.8 Å². The number of aliphatic hydroxyl groups excluding tert-OH is 1. The second-order valence-electron chi connectivity index (χ2n) is 6.38. The van der Waals surface area contributed by atoms with Crippen molar-refractivity contribution in [2.24, 2.45) is 0 Å². The fourth-order valence-corrected chi connectivity index (χ4v) is 3.07. The molecule has 1 aromatic carbocycles. The molecular formula is C20H19FN4O. The molecule has 5 nitrogen and oxygen atoms in total. The fraction of sp³-hybridized carbons (Fsp3) is 0.250. The molecule has 1 aliphatic heterocycles. The Labute approximate surface area is 151 Å². The van der Waals surface area contributed by atoms with Gasteiger partial charge in [-0.1, -0.05) is 6.07 Å². The number of halogens is 1. The highest BCUT2D eigenvalue weighted by atomic mass is 19.1. The Bertz CT molecular complexity index is 878. The van der Waals surface area contributed by atoms with Gasteiger partial charge in [0, 0.05) is 30.9 Å². The van der Waals surface area contributed by atoms with E-state index in [1.165, 1.54) is 12.1 Å². The van der Waals surface area contributed by atoms with Crippen LogP contribution in [0.4, 0.5) is 10.2 Å². The summed E-state index contributed by atoms with van der Waals surface area (Å²) in [5, 5.41) is 9.76. The van der Waals surface area contributed by atoms with Gasteiger partial charge in [-0.3, -0.25) is 4.98 Å². The third kappa shape index (κ3) is 3.55. The number of benzene rings is 1. The Hall–Kier alpha value is -2.86. The molecule has 0 bridgehead atoms. The van der Waals surface area contributed by atoms with Crippen molar-refractivity contribution in [3.8, 4) is 22.8 Å². The topological polar surface area (TPSA) is 62.1 Å². The molecule has 3 heterocycles. The number of piperidine rings is 1. The number of hydrogen-bond donors (Lipinski definition) is 1. The third-order valence-corrected chi connectivity index (χ3v) is 4.54. The van der Waals surface area contributed by atoms with E-state index in [1.807, 2.05) is 24.3 Å². The maximum Gasteiger partial charge on any atom is 0.180 e. The molecule has 0 unspecified atom stereocenters. The Kier molecular flexibility index (Phi) is 4.58. The van der Waals surface area contributed by atoms with Gasteiger partial charge in [-0.15, -0.1) is 0 Å². The lowest BCUT2D eigenvalue weighted by Crippen LogP contribution is -2.36. The Morgan fingerprint density at radius 2 is 1.73 bits per heavy atom. The van der Waals surface area contributed by atoms with Crippen molar-refractivity contribution in [3.05, 3.63) is 60.5 Å². The van der Waals surface area contributed by atoms with Gasteiger partial charge in [0.15, 0.2) is 5.82 Å². The molecule has 0 aliphatic carbocycles. The first-order chi connectivity index (χ1) is 12.7. The molecule has 4 rings (SSSR count). The van der Waals surface area contributed by atoms with Crippen LogP contribution in [0.15, 0.2) is 54.7 Å². The van der Waals surface area contributed by atoms with Gasteiger partial charge in [0.1, 0.15) is 17.3 Å². The molecular weight excluding hydrogens is 331 g/mol. The van der Waals surface area contributed by atoms with E-state index in [0.717, 1.165) is 43.0 Å². The molecule has 1 aliphatic rings. The van der Waals surface area contributed by atoms with E-state index in [9.17, 15) is 9.50 Å². The zero-order valence-corrected chi connectivity index (χ0v) is 14.2. The van der Waals surface area contributed by atoms with Crippen LogP contribution in [-0.2, 0) is 0 Å². The summed E-state index contributed by atoms with van der Waals surface area (Å²) in [7, 11) is 0. The Balaban J connectivity index is 1.78. The van der Waals surface area contributed by atoms with E-state index < -0.39 is 0 Å². The van der Waals surface area contributed by atoms with Crippen molar-refractivity contribution in [2.75, 3.05) is 18.0 Å². The molecule has 1 saturated heterocycles. The van der Waals surface area contributed by atoms with E-state index in [0.29, 0.717) is 11.5 Å². The van der Waals surface area contributed by atoms with Crippen LogP contribution >= 0.6 is 0 Å². The van der Waals surface area contributed by atoms with Gasteiger partial charge in [0.25, 0.3) is 0 Å². The minimum Gasteiger partial charge on any atom is -0.393 e. The molecule has 3 aromatic rings. The third-order valence-electron chi connectivity index (χ3n) is 4.54. The number of anilines is 1. The molecule has 26 heavy (non-hydrogen) atoms. The highest BCUT2D eigenvalue weighted by Gasteiger charge is 2.20. The van der Waals surface area contributed by atoms with Crippen molar-refractivity contribution in [1.82, 2.24) is 15.0 Å². The number of aromatic nitrogens is 3. The Morgan fingerprint density at radius 3 is 2.42 bits per heavy atom. The smallest absolute Gasteiger partial charge is 0.180 e. The molecule has 1 N–H and O–H groups in total. The van der Waals surface area contributed by atoms with Crippen LogP contribution in [0.3, 0.4) is 0 Å². The minimum atomic E-state index is -0.280. The van der Waals surface area contributed by atoms with Crippen molar-refractivity contribution in [1.29, 1.82) is 0 Å². The van der Waals surface area contributed by atoms with E-state index in [-0.39, 0.29) is 11.9 Å². The van der Waals surface area contributed by atoms with Crippen LogP contribution in [0.2, 0.25) is 0 Å². The normalized spacial score (nSPS) is 15.2. The summed E-state index contributed by atoms with van der Waals surface area (Å²) in [6.07, 6.45) is 2.89. The number of rotatable bonds is 3. The number of hydrogen-bond acceptors (Lipinski definition) is 5. The van der Waals surface area contributed by atoms with Crippen molar-refractivity contribution < 1.29 is 9.50 Å². The predicted octanol–water partition coefficient (Wildman–Crippen LogP) is 3.31. The molecule has 6 heteroatoms. The van der Waals surface area contributed by atoms with Gasteiger partial charge in [-0.05, 0) is 49.2 Å². The van der Waals surface area contributed by atoms with E-state index in [2.05, 4.69) is 14.9 Å². The van der Waals surface area contributed by atoms with Gasteiger partial charge in [-0.2, -0.15) is 0 Å². The van der Waals surface area contributed by atoms with Crippen LogP contribution in [0.1, 0.15) is 12.8 Å². The monoisotopic (exact) mass is 350 g/mol. The van der Waals surface area contributed by atoms with Crippen LogP contribution in [0.25, 0.3) is 22.8 Å². The number of aliphatic hydroxyl groups is 1. The SMILES string of the molecule is OC1CCN(c2cc(-c3ccc(F)cc3)nc(-c3ccccn3)n2)CC1. The average Bonchev–Trinajstić information content (AvgIpc) is 2.69. The van der Waals surface area contributed by atoms with Crippen LogP contribution in [-0.4, -0.2) is 39.3 Å². The zero-order valence-electron chi connectivity index (χ0n) is 14.2. The molecule has 132 valence electrons. The molecule has 0 spiro atoms. The summed E-state index contributed by atoms with van der Waals surface area (Å²) < 4.78 is 13.3. The maximum absolute atomic E-state index is 13.3. The van der Waals surface area contributed by atoms with Crippen molar-refractivity contribution >= 4 is 5.82 Å². The van der Waals surface area contributed by atoms with E-state index in [4.69, 9.17) is 4.98 Å². The first kappa shape index (κ1) is 16.6. The fourth-order valence-electron chi connectivity index (χ4n) is 3.07. The lowest BCUT2D eigenvalue weighted by Gasteiger charge is -2.30. The molecule has 0 saturated carbocycles. The number of pyridine rings is 1. The highest BCUT2D eigenvalue weighted by Crippen LogP contribution is 2.27. The highest BCUT2D eigenvalue weighted by molar-refractivity contribution is 5.66. The van der Waals surface area contributed by atoms with Crippen molar-refractivity contribution in [2.45, 2.75) is 18.9 Å². The van der Waals surface area contributed by atoms with Crippen LogP contribution < -0.4 is 4.90 Å². The second-order valence-corrected chi connectivity index (χ2v) is 6.38. The Morgan fingerprint density at radius 1 is 0.962 bits per heavy atom. The van der Waals surface area contributed by atoms with E-state index in [1.54, 1.807) is 18.3 Å². The number of nitrogens with zero attached hydrogens (tertiary/aromatic N) is 4.